The highest BCUT2D eigenvalue weighted by molar-refractivity contribution is 5.74. The van der Waals surface area contributed by atoms with E-state index in [0.717, 1.165) is 116 Å². The molecule has 1 rings (SSSR count). The highest BCUT2D eigenvalue weighted by atomic mass is 16.7. The van der Waals surface area contributed by atoms with Crippen molar-refractivity contribution in [3.8, 4) is 0 Å². The number of carbonyl (C=O) groups excluding carboxylic acids is 3. The number of aliphatic carboxylic acids is 1. The maximum Gasteiger partial charge on any atom is 0.335 e. The molecular formula is C63H108O12. The van der Waals surface area contributed by atoms with E-state index in [-0.39, 0.29) is 25.9 Å². The molecule has 1 aliphatic rings. The van der Waals surface area contributed by atoms with Crippen molar-refractivity contribution in [1.82, 2.24) is 0 Å². The zero-order valence-corrected chi connectivity index (χ0v) is 47.5. The molecule has 1 aliphatic heterocycles. The van der Waals surface area contributed by atoms with Crippen molar-refractivity contribution < 1.29 is 58.2 Å². The minimum atomic E-state index is -1.91. The first-order valence-corrected chi connectivity index (χ1v) is 30.3. The van der Waals surface area contributed by atoms with Crippen LogP contribution in [0.4, 0.5) is 0 Å². The van der Waals surface area contributed by atoms with Crippen molar-refractivity contribution in [1.29, 1.82) is 0 Å². The van der Waals surface area contributed by atoms with E-state index in [1.165, 1.54) is 89.9 Å². The number of hydrogen-bond acceptors (Lipinski definition) is 11. The predicted octanol–water partition coefficient (Wildman–Crippen LogP) is 15.6. The largest absolute Gasteiger partial charge is 0.479 e. The summed E-state index contributed by atoms with van der Waals surface area (Å²) in [5.41, 5.74) is 0. The van der Waals surface area contributed by atoms with E-state index in [0.29, 0.717) is 19.3 Å². The molecule has 0 amide bonds. The summed E-state index contributed by atoms with van der Waals surface area (Å²) in [6.07, 6.45) is 50.4. The fourth-order valence-corrected chi connectivity index (χ4v) is 8.90. The highest BCUT2D eigenvalue weighted by Crippen LogP contribution is 2.26. The van der Waals surface area contributed by atoms with Crippen LogP contribution in [0.15, 0.2) is 60.8 Å². The molecule has 12 heteroatoms. The first kappa shape index (κ1) is 69.4. The molecule has 0 spiro atoms. The number of ether oxygens (including phenoxy) is 5. The molecule has 0 aromatic heterocycles. The van der Waals surface area contributed by atoms with Gasteiger partial charge in [0.15, 0.2) is 24.6 Å². The van der Waals surface area contributed by atoms with E-state index in [1.807, 2.05) is 0 Å². The average molecular weight is 1060 g/mol. The average Bonchev–Trinajstić information content (AvgIpc) is 3.39. The number of carboxylic acid groups (broad SMARTS) is 1. The van der Waals surface area contributed by atoms with Gasteiger partial charge < -0.3 is 39.0 Å². The Hall–Kier alpha value is -3.58. The molecule has 0 radical (unpaired) electrons. The van der Waals surface area contributed by atoms with Crippen LogP contribution in [0.2, 0.25) is 0 Å². The van der Waals surface area contributed by atoms with E-state index in [2.05, 4.69) is 81.5 Å². The quantitative estimate of drug-likeness (QED) is 0.0228. The number of carboxylic acids is 1. The van der Waals surface area contributed by atoms with Crippen molar-refractivity contribution >= 4 is 23.9 Å². The summed E-state index contributed by atoms with van der Waals surface area (Å²) in [6.45, 7) is 5.85. The van der Waals surface area contributed by atoms with Crippen molar-refractivity contribution in [3.05, 3.63) is 60.8 Å². The first-order valence-electron chi connectivity index (χ1n) is 30.3. The Morgan fingerprint density at radius 3 is 1.31 bits per heavy atom. The molecule has 3 N–H and O–H groups in total. The molecule has 0 aliphatic carbocycles. The number of rotatable bonds is 51. The fourth-order valence-electron chi connectivity index (χ4n) is 8.90. The lowest BCUT2D eigenvalue weighted by molar-refractivity contribution is -0.301. The van der Waals surface area contributed by atoms with Gasteiger partial charge in [-0.25, -0.2) is 4.79 Å². The zero-order chi connectivity index (χ0) is 54.7. The second-order valence-corrected chi connectivity index (χ2v) is 20.6. The van der Waals surface area contributed by atoms with Gasteiger partial charge in [0.1, 0.15) is 18.8 Å². The van der Waals surface area contributed by atoms with Gasteiger partial charge in [0.05, 0.1) is 6.61 Å². The van der Waals surface area contributed by atoms with Gasteiger partial charge in [-0.3, -0.25) is 14.4 Å². The second-order valence-electron chi connectivity index (χ2n) is 20.6. The topological polar surface area (TPSA) is 175 Å². The fraction of sp³-hybridized carbons (Fsp3) is 0.778. The molecule has 0 saturated carbocycles. The minimum Gasteiger partial charge on any atom is -0.479 e. The van der Waals surface area contributed by atoms with Gasteiger partial charge in [-0.05, 0) is 103 Å². The van der Waals surface area contributed by atoms with E-state index in [4.69, 9.17) is 23.7 Å². The molecule has 6 unspecified atom stereocenters. The zero-order valence-electron chi connectivity index (χ0n) is 47.5. The van der Waals surface area contributed by atoms with Gasteiger partial charge in [-0.15, -0.1) is 0 Å². The van der Waals surface area contributed by atoms with Crippen molar-refractivity contribution in [3.63, 3.8) is 0 Å². The van der Waals surface area contributed by atoms with Gasteiger partial charge in [-0.1, -0.05) is 204 Å². The van der Waals surface area contributed by atoms with Crippen molar-refractivity contribution in [2.45, 2.75) is 302 Å². The lowest BCUT2D eigenvalue weighted by Gasteiger charge is -2.40. The Kier molecular flexibility index (Phi) is 47.4. The van der Waals surface area contributed by atoms with Crippen LogP contribution in [0.5, 0.6) is 0 Å². The predicted molar refractivity (Wildman–Crippen MR) is 303 cm³/mol. The SMILES string of the molecule is CC/C=C\C/C=C\C/C=C\CCCCCCCC(=O)OC(COC(=O)CCCCCCCCC/C=C\CCCCCCCC)COC1OC(C(=O)O)C(O)C(O)C1OC(=O)CCCCCCC/C=C\CCCCCC. The molecule has 0 bridgehead atoms. The van der Waals surface area contributed by atoms with Crippen LogP contribution < -0.4 is 0 Å². The Morgan fingerprint density at radius 2 is 0.840 bits per heavy atom. The van der Waals surface area contributed by atoms with E-state index < -0.39 is 67.3 Å². The maximum absolute atomic E-state index is 13.1. The van der Waals surface area contributed by atoms with Gasteiger partial charge in [0.2, 0.25) is 0 Å². The minimum absolute atomic E-state index is 0.0476. The van der Waals surface area contributed by atoms with Crippen LogP contribution in [0, 0.1) is 0 Å². The summed E-state index contributed by atoms with van der Waals surface area (Å²) in [7, 11) is 0. The summed E-state index contributed by atoms with van der Waals surface area (Å²) in [5.74, 6) is -3.15. The molecule has 1 heterocycles. The van der Waals surface area contributed by atoms with Gasteiger partial charge in [0, 0.05) is 19.3 Å². The normalized spacial score (nSPS) is 18.5. The number of esters is 3. The third kappa shape index (κ3) is 41.2. The smallest absolute Gasteiger partial charge is 0.335 e. The van der Waals surface area contributed by atoms with Crippen LogP contribution >= 0.6 is 0 Å². The number of unbranched alkanes of at least 4 members (excludes halogenated alkanes) is 27. The molecule has 6 atom stereocenters. The lowest BCUT2D eigenvalue weighted by Crippen LogP contribution is -2.61. The summed E-state index contributed by atoms with van der Waals surface area (Å²) >= 11 is 0. The van der Waals surface area contributed by atoms with Gasteiger partial charge in [0.25, 0.3) is 0 Å². The van der Waals surface area contributed by atoms with Crippen molar-refractivity contribution in [2.75, 3.05) is 13.2 Å². The van der Waals surface area contributed by atoms with E-state index >= 15 is 0 Å². The Bertz CT molecular complexity index is 1540. The van der Waals surface area contributed by atoms with Crippen LogP contribution in [0.3, 0.4) is 0 Å². The van der Waals surface area contributed by atoms with Crippen LogP contribution in [0.1, 0.15) is 265 Å². The third-order valence-electron chi connectivity index (χ3n) is 13.5. The number of aliphatic hydroxyl groups is 2. The summed E-state index contributed by atoms with van der Waals surface area (Å²) < 4.78 is 28.4. The summed E-state index contributed by atoms with van der Waals surface area (Å²) in [5, 5.41) is 31.5. The highest BCUT2D eigenvalue weighted by Gasteiger charge is 2.50. The molecule has 75 heavy (non-hydrogen) atoms. The third-order valence-corrected chi connectivity index (χ3v) is 13.5. The van der Waals surface area contributed by atoms with Gasteiger partial charge >= 0.3 is 23.9 Å². The maximum atomic E-state index is 13.1. The molecular weight excluding hydrogens is 949 g/mol. The number of carbonyl (C=O) groups is 4. The molecule has 0 aromatic carbocycles. The standard InChI is InChI=1S/C63H108O12/c1-4-7-10-13-16-19-22-25-27-28-30-32-34-37-40-43-46-49-55(64)71-52-54(73-56(65)50-47-44-41-38-36-33-29-26-23-20-17-14-11-8-5-2)53-72-63-61(59(68)58(67)60(75-63)62(69)70)74-57(66)51-48-45-42-39-35-31-24-21-18-15-12-9-6-3/h8,11,17,20-21,24-27,29,54,58-61,63,67-68H,4-7,9-10,12-16,18-19,22-23,28,30-53H2,1-3H3,(H,69,70)/b11-8-,20-17-,24-21-,27-25-,29-26-. The first-order chi connectivity index (χ1) is 36.6. The summed E-state index contributed by atoms with van der Waals surface area (Å²) in [6, 6.07) is 0. The monoisotopic (exact) mass is 1060 g/mol. The number of aliphatic hydroxyl groups excluding tert-OH is 2. The molecule has 432 valence electrons. The molecule has 1 saturated heterocycles. The molecule has 0 aromatic rings. The lowest BCUT2D eigenvalue weighted by atomic mass is 9.98. The van der Waals surface area contributed by atoms with Crippen LogP contribution in [-0.4, -0.2) is 89.2 Å². The Balaban J connectivity index is 2.70. The Labute approximate surface area is 456 Å². The Morgan fingerprint density at radius 1 is 0.453 bits per heavy atom. The van der Waals surface area contributed by atoms with Gasteiger partial charge in [-0.2, -0.15) is 0 Å². The molecule has 1 fully saturated rings. The van der Waals surface area contributed by atoms with E-state index in [1.54, 1.807) is 0 Å². The van der Waals surface area contributed by atoms with Crippen LogP contribution in [-0.2, 0) is 42.9 Å². The number of allylic oxidation sites excluding steroid dienone is 10. The molecule has 12 nitrogen and oxygen atoms in total. The van der Waals surface area contributed by atoms with E-state index in [9.17, 15) is 34.5 Å². The van der Waals surface area contributed by atoms with Crippen molar-refractivity contribution in [2.24, 2.45) is 0 Å². The number of hydrogen-bond donors (Lipinski definition) is 3. The second kappa shape index (κ2) is 51.2. The van der Waals surface area contributed by atoms with Crippen LogP contribution in [0.25, 0.3) is 0 Å². The summed E-state index contributed by atoms with van der Waals surface area (Å²) in [4.78, 5) is 51.1.